The minimum Gasteiger partial charge on any atom is -0.323 e. The molecule has 0 N–H and O–H groups in total. The highest BCUT2D eigenvalue weighted by Gasteiger charge is 2.38. The summed E-state index contributed by atoms with van der Waals surface area (Å²) in [5.74, 6) is 0. The zero-order valence-electron chi connectivity index (χ0n) is 13.9. The van der Waals surface area contributed by atoms with E-state index in [0.29, 0.717) is 0 Å². The van der Waals surface area contributed by atoms with E-state index in [2.05, 4.69) is 69.6 Å². The van der Waals surface area contributed by atoms with Gasteiger partial charge in [-0.1, -0.05) is 0 Å². The normalized spacial score (nSPS) is 13.0. The van der Waals surface area contributed by atoms with Gasteiger partial charge < -0.3 is 4.48 Å². The van der Waals surface area contributed by atoms with Gasteiger partial charge >= 0.3 is 0 Å². The van der Waals surface area contributed by atoms with Crippen LogP contribution in [-0.4, -0.2) is 25.6 Å². The molecule has 1 nitrogen and oxygen atoms in total. The molecule has 0 aliphatic carbocycles. The van der Waals surface area contributed by atoms with Crippen molar-refractivity contribution >= 4 is 0 Å². The Morgan fingerprint density at radius 2 is 0.889 bits per heavy atom. The molecule has 0 saturated heterocycles. The van der Waals surface area contributed by atoms with Gasteiger partial charge in [0.2, 0.25) is 0 Å². The van der Waals surface area contributed by atoms with Gasteiger partial charge in [-0.25, -0.2) is 0 Å². The third-order valence-electron chi connectivity index (χ3n) is 5.29. The van der Waals surface area contributed by atoms with E-state index in [9.17, 15) is 0 Å². The van der Waals surface area contributed by atoms with E-state index >= 15 is 0 Å². The summed E-state index contributed by atoms with van der Waals surface area (Å²) >= 11 is 0. The molecule has 0 aromatic heterocycles. The lowest BCUT2D eigenvalue weighted by atomic mass is 9.79. The Balaban J connectivity index is 3.72. The van der Waals surface area contributed by atoms with Crippen molar-refractivity contribution in [2.45, 2.75) is 54.0 Å². The van der Waals surface area contributed by atoms with Gasteiger partial charge in [-0.2, -0.15) is 0 Å². The average molecular weight is 248 g/mol. The van der Waals surface area contributed by atoms with Gasteiger partial charge in [0.05, 0.1) is 21.1 Å². The molecule has 0 heterocycles. The van der Waals surface area contributed by atoms with Crippen LogP contribution in [0.1, 0.15) is 47.2 Å². The van der Waals surface area contributed by atoms with Crippen LogP contribution in [0.3, 0.4) is 0 Å². The number of hydrogen-bond acceptors (Lipinski definition) is 0. The summed E-state index contributed by atoms with van der Waals surface area (Å²) in [6.07, 6.45) is 0. The highest BCUT2D eigenvalue weighted by molar-refractivity contribution is 5.51. The van der Waals surface area contributed by atoms with Gasteiger partial charge in [-0.15, -0.1) is 0 Å². The fraction of sp³-hybridized carbons (Fsp3) is 0.647. The molecule has 1 aromatic rings. The number of rotatable bonds is 2. The maximum atomic E-state index is 2.36. The van der Waals surface area contributed by atoms with Crippen LogP contribution in [0.4, 0.5) is 0 Å². The van der Waals surface area contributed by atoms with Gasteiger partial charge in [0.1, 0.15) is 5.54 Å². The molecular weight excluding hydrogens is 218 g/mol. The Kier molecular flexibility index (Phi) is 3.71. The SMILES string of the molecule is Cc1c(C)c(C)c(C(C)(C)[N+](C)(C)C)c(C)c1C. The first-order valence-electron chi connectivity index (χ1n) is 6.82. The van der Waals surface area contributed by atoms with E-state index in [0.717, 1.165) is 4.48 Å². The molecule has 1 rings (SSSR count). The highest BCUT2D eigenvalue weighted by atomic mass is 15.3. The van der Waals surface area contributed by atoms with E-state index in [1.165, 1.54) is 33.4 Å². The second-order valence-corrected chi connectivity index (χ2v) is 7.07. The van der Waals surface area contributed by atoms with E-state index in [4.69, 9.17) is 0 Å². The van der Waals surface area contributed by atoms with Gasteiger partial charge in [0.25, 0.3) is 0 Å². The van der Waals surface area contributed by atoms with Crippen LogP contribution in [0, 0.1) is 34.6 Å². The summed E-state index contributed by atoms with van der Waals surface area (Å²) in [4.78, 5) is 0. The van der Waals surface area contributed by atoms with Crippen molar-refractivity contribution in [3.63, 3.8) is 0 Å². The van der Waals surface area contributed by atoms with Crippen LogP contribution in [0.15, 0.2) is 0 Å². The summed E-state index contributed by atoms with van der Waals surface area (Å²) < 4.78 is 0.941. The average Bonchev–Trinajstić information content (AvgIpc) is 2.22. The molecule has 18 heavy (non-hydrogen) atoms. The second kappa shape index (κ2) is 4.38. The first-order valence-corrected chi connectivity index (χ1v) is 6.82. The zero-order chi connectivity index (χ0) is 14.5. The lowest BCUT2D eigenvalue weighted by Gasteiger charge is -2.44. The van der Waals surface area contributed by atoms with E-state index < -0.39 is 0 Å². The molecule has 0 bridgehead atoms. The van der Waals surface area contributed by atoms with Crippen LogP contribution < -0.4 is 0 Å². The minimum atomic E-state index is 0.122. The highest BCUT2D eigenvalue weighted by Crippen LogP contribution is 2.38. The van der Waals surface area contributed by atoms with Crippen molar-refractivity contribution in [2.24, 2.45) is 0 Å². The maximum Gasteiger partial charge on any atom is 0.119 e. The topological polar surface area (TPSA) is 0 Å². The van der Waals surface area contributed by atoms with Crippen molar-refractivity contribution in [3.8, 4) is 0 Å². The molecule has 0 fully saturated rings. The lowest BCUT2D eigenvalue weighted by molar-refractivity contribution is -0.927. The monoisotopic (exact) mass is 248 g/mol. The van der Waals surface area contributed by atoms with Crippen molar-refractivity contribution < 1.29 is 4.48 Å². The summed E-state index contributed by atoms with van der Waals surface area (Å²) in [7, 11) is 6.84. The quantitative estimate of drug-likeness (QED) is 0.689. The molecular formula is C17H30N+. The fourth-order valence-corrected chi connectivity index (χ4v) is 2.75. The lowest BCUT2D eigenvalue weighted by Crippen LogP contribution is -2.51. The number of quaternary nitrogens is 1. The van der Waals surface area contributed by atoms with E-state index in [1.54, 1.807) is 0 Å². The molecule has 1 aromatic carbocycles. The zero-order valence-corrected chi connectivity index (χ0v) is 13.9. The predicted octanol–water partition coefficient (Wildman–Crippen LogP) is 4.17. The van der Waals surface area contributed by atoms with E-state index in [-0.39, 0.29) is 5.54 Å². The molecule has 0 saturated carbocycles. The van der Waals surface area contributed by atoms with Crippen LogP contribution in [0.25, 0.3) is 0 Å². The molecule has 0 radical (unpaired) electrons. The number of hydrogen-bond donors (Lipinski definition) is 0. The van der Waals surface area contributed by atoms with Gasteiger partial charge in [0, 0.05) is 5.56 Å². The van der Waals surface area contributed by atoms with Crippen molar-refractivity contribution in [1.29, 1.82) is 0 Å². The maximum absolute atomic E-state index is 2.36. The number of nitrogens with zero attached hydrogens (tertiary/aromatic N) is 1. The van der Waals surface area contributed by atoms with Crippen molar-refractivity contribution in [1.82, 2.24) is 0 Å². The van der Waals surface area contributed by atoms with Gasteiger partial charge in [-0.05, 0) is 76.3 Å². The Bertz CT molecular complexity index is 444. The molecule has 0 aliphatic heterocycles. The molecule has 0 aliphatic rings. The Hall–Kier alpha value is -0.820. The van der Waals surface area contributed by atoms with Crippen molar-refractivity contribution in [3.05, 3.63) is 33.4 Å². The number of benzene rings is 1. The van der Waals surface area contributed by atoms with Gasteiger partial charge in [0.15, 0.2) is 0 Å². The molecule has 0 spiro atoms. The van der Waals surface area contributed by atoms with Crippen LogP contribution in [-0.2, 0) is 5.54 Å². The van der Waals surface area contributed by atoms with Crippen molar-refractivity contribution in [2.75, 3.05) is 21.1 Å². The molecule has 1 heteroatoms. The molecule has 102 valence electrons. The summed E-state index contributed by atoms with van der Waals surface area (Å²) in [6.45, 7) is 16.0. The Morgan fingerprint density at radius 3 is 1.17 bits per heavy atom. The van der Waals surface area contributed by atoms with Crippen LogP contribution in [0.2, 0.25) is 0 Å². The fourth-order valence-electron chi connectivity index (χ4n) is 2.75. The Labute approximate surface area is 113 Å². The van der Waals surface area contributed by atoms with Crippen LogP contribution >= 0.6 is 0 Å². The largest absolute Gasteiger partial charge is 0.323 e. The van der Waals surface area contributed by atoms with Crippen LogP contribution in [0.5, 0.6) is 0 Å². The molecule has 0 unspecified atom stereocenters. The first-order chi connectivity index (χ1) is 7.93. The summed E-state index contributed by atoms with van der Waals surface area (Å²) in [6, 6.07) is 0. The summed E-state index contributed by atoms with van der Waals surface area (Å²) in [5.41, 5.74) is 8.94. The smallest absolute Gasteiger partial charge is 0.119 e. The predicted molar refractivity (Wildman–Crippen MR) is 81.2 cm³/mol. The minimum absolute atomic E-state index is 0.122. The third-order valence-corrected chi connectivity index (χ3v) is 5.29. The summed E-state index contributed by atoms with van der Waals surface area (Å²) in [5, 5.41) is 0. The van der Waals surface area contributed by atoms with Gasteiger partial charge in [-0.3, -0.25) is 0 Å². The van der Waals surface area contributed by atoms with E-state index in [1.807, 2.05) is 0 Å². The molecule has 0 amide bonds. The standard InChI is InChI=1S/C17H30N/c1-11-12(2)14(4)16(15(5)13(11)3)17(6,7)18(8,9)10/h1-10H3/q+1. The Morgan fingerprint density at radius 1 is 0.611 bits per heavy atom. The first kappa shape index (κ1) is 15.2. The third kappa shape index (κ3) is 2.09. The second-order valence-electron chi connectivity index (χ2n) is 7.07. The molecule has 0 atom stereocenters.